The average Bonchev–Trinajstić information content (AvgIpc) is 2.40. The number of carbonyl (C=O) groups excluding carboxylic acids is 1. The SMILES string of the molecule is COCCNC(C)(C(=O)OC)c1cc(F)ccc1F. The first-order valence-corrected chi connectivity index (χ1v) is 5.73. The molecule has 0 radical (unpaired) electrons. The van der Waals surface area contributed by atoms with Crippen LogP contribution in [0.2, 0.25) is 0 Å². The minimum Gasteiger partial charge on any atom is -0.467 e. The van der Waals surface area contributed by atoms with Crippen LogP contribution in [-0.4, -0.2) is 33.3 Å². The van der Waals surface area contributed by atoms with Gasteiger partial charge in [-0.3, -0.25) is 5.32 Å². The second-order valence-corrected chi connectivity index (χ2v) is 4.16. The number of ether oxygens (including phenoxy) is 2. The van der Waals surface area contributed by atoms with Crippen molar-refractivity contribution in [2.24, 2.45) is 0 Å². The molecule has 0 bridgehead atoms. The summed E-state index contributed by atoms with van der Waals surface area (Å²) in [6, 6.07) is 2.95. The average molecular weight is 273 g/mol. The van der Waals surface area contributed by atoms with Crippen molar-refractivity contribution in [1.29, 1.82) is 0 Å². The van der Waals surface area contributed by atoms with Gasteiger partial charge in [0, 0.05) is 19.2 Å². The van der Waals surface area contributed by atoms with Crippen LogP contribution in [0.1, 0.15) is 12.5 Å². The van der Waals surface area contributed by atoms with Crippen molar-refractivity contribution in [1.82, 2.24) is 5.32 Å². The molecule has 0 heterocycles. The topological polar surface area (TPSA) is 47.6 Å². The third-order valence-corrected chi connectivity index (χ3v) is 2.85. The lowest BCUT2D eigenvalue weighted by atomic mass is 9.91. The molecule has 0 aromatic heterocycles. The van der Waals surface area contributed by atoms with Crippen LogP contribution in [0.25, 0.3) is 0 Å². The Hall–Kier alpha value is -1.53. The standard InChI is InChI=1S/C13H17F2NO3/c1-13(12(17)19-3,16-6-7-18-2)10-8-9(14)4-5-11(10)15/h4-5,8,16H,6-7H2,1-3H3. The summed E-state index contributed by atoms with van der Waals surface area (Å²) in [5, 5.41) is 2.83. The van der Waals surface area contributed by atoms with Gasteiger partial charge < -0.3 is 9.47 Å². The van der Waals surface area contributed by atoms with Gasteiger partial charge in [-0.25, -0.2) is 13.6 Å². The molecule has 0 saturated carbocycles. The normalized spacial score (nSPS) is 13.9. The molecule has 0 amide bonds. The van der Waals surface area contributed by atoms with E-state index in [2.05, 4.69) is 10.1 Å². The molecule has 0 aliphatic heterocycles. The van der Waals surface area contributed by atoms with Gasteiger partial charge in [0.15, 0.2) is 0 Å². The van der Waals surface area contributed by atoms with Crippen LogP contribution in [-0.2, 0) is 19.8 Å². The highest BCUT2D eigenvalue weighted by atomic mass is 19.1. The van der Waals surface area contributed by atoms with Crippen LogP contribution < -0.4 is 5.32 Å². The molecule has 0 fully saturated rings. The zero-order valence-corrected chi connectivity index (χ0v) is 11.1. The summed E-state index contributed by atoms with van der Waals surface area (Å²) in [4.78, 5) is 11.9. The highest BCUT2D eigenvalue weighted by Gasteiger charge is 2.38. The van der Waals surface area contributed by atoms with Crippen molar-refractivity contribution in [3.8, 4) is 0 Å². The highest BCUT2D eigenvalue weighted by molar-refractivity contribution is 5.82. The number of benzene rings is 1. The smallest absolute Gasteiger partial charge is 0.330 e. The van der Waals surface area contributed by atoms with E-state index in [0.717, 1.165) is 18.2 Å². The fraction of sp³-hybridized carbons (Fsp3) is 0.462. The second kappa shape index (κ2) is 6.58. The van der Waals surface area contributed by atoms with E-state index in [1.165, 1.54) is 21.1 Å². The van der Waals surface area contributed by atoms with Crippen LogP contribution in [0.4, 0.5) is 8.78 Å². The number of carbonyl (C=O) groups is 1. The molecule has 4 nitrogen and oxygen atoms in total. The molecule has 0 aliphatic rings. The summed E-state index contributed by atoms with van der Waals surface area (Å²) in [6.07, 6.45) is 0. The van der Waals surface area contributed by atoms with E-state index in [1.54, 1.807) is 0 Å². The summed E-state index contributed by atoms with van der Waals surface area (Å²) in [7, 11) is 2.69. The number of hydrogen-bond acceptors (Lipinski definition) is 4. The number of hydrogen-bond donors (Lipinski definition) is 1. The number of methoxy groups -OCH3 is 2. The Morgan fingerprint density at radius 2 is 2.05 bits per heavy atom. The van der Waals surface area contributed by atoms with E-state index >= 15 is 0 Å². The van der Waals surface area contributed by atoms with Crippen molar-refractivity contribution >= 4 is 5.97 Å². The van der Waals surface area contributed by atoms with Gasteiger partial charge in [-0.15, -0.1) is 0 Å². The van der Waals surface area contributed by atoms with Gasteiger partial charge in [0.25, 0.3) is 0 Å². The molecule has 1 atom stereocenters. The van der Waals surface area contributed by atoms with E-state index < -0.39 is 23.1 Å². The minimum atomic E-state index is -1.47. The van der Waals surface area contributed by atoms with Gasteiger partial charge in [-0.1, -0.05) is 0 Å². The molecule has 1 aromatic rings. The Balaban J connectivity index is 3.14. The van der Waals surface area contributed by atoms with Crippen LogP contribution in [0.3, 0.4) is 0 Å². The fourth-order valence-corrected chi connectivity index (χ4v) is 1.77. The van der Waals surface area contributed by atoms with E-state index in [9.17, 15) is 13.6 Å². The lowest BCUT2D eigenvalue weighted by Gasteiger charge is -2.28. The number of halogens is 2. The first-order valence-electron chi connectivity index (χ1n) is 5.73. The maximum absolute atomic E-state index is 13.8. The molecule has 6 heteroatoms. The zero-order valence-electron chi connectivity index (χ0n) is 11.1. The molecule has 0 saturated heterocycles. The summed E-state index contributed by atoms with van der Waals surface area (Å²) in [5.74, 6) is -2.01. The third-order valence-electron chi connectivity index (χ3n) is 2.85. The quantitative estimate of drug-likeness (QED) is 0.631. The van der Waals surface area contributed by atoms with Crippen LogP contribution >= 0.6 is 0 Å². The van der Waals surface area contributed by atoms with Crippen LogP contribution in [0.5, 0.6) is 0 Å². The second-order valence-electron chi connectivity index (χ2n) is 4.16. The summed E-state index contributed by atoms with van der Waals surface area (Å²) in [6.45, 7) is 2.05. The van der Waals surface area contributed by atoms with Crippen molar-refractivity contribution in [2.45, 2.75) is 12.5 Å². The minimum absolute atomic E-state index is 0.101. The Kier molecular flexibility index (Phi) is 5.38. The number of rotatable bonds is 6. The number of nitrogens with one attached hydrogen (secondary N) is 1. The monoisotopic (exact) mass is 273 g/mol. The first-order chi connectivity index (χ1) is 8.95. The lowest BCUT2D eigenvalue weighted by molar-refractivity contribution is -0.148. The molecule has 0 aliphatic carbocycles. The van der Waals surface area contributed by atoms with Gasteiger partial charge in [0.2, 0.25) is 0 Å². The van der Waals surface area contributed by atoms with Gasteiger partial charge in [0.1, 0.15) is 17.2 Å². The molecular formula is C13H17F2NO3. The molecule has 1 rings (SSSR count). The Morgan fingerprint density at radius 3 is 2.63 bits per heavy atom. The molecular weight excluding hydrogens is 256 g/mol. The molecule has 1 unspecified atom stereocenters. The van der Waals surface area contributed by atoms with Crippen LogP contribution in [0.15, 0.2) is 18.2 Å². The van der Waals surface area contributed by atoms with Crippen molar-refractivity contribution in [3.05, 3.63) is 35.4 Å². The summed E-state index contributed by atoms with van der Waals surface area (Å²) < 4.78 is 36.6. The molecule has 106 valence electrons. The molecule has 19 heavy (non-hydrogen) atoms. The maximum atomic E-state index is 13.8. The maximum Gasteiger partial charge on any atom is 0.330 e. The largest absolute Gasteiger partial charge is 0.467 e. The predicted octanol–water partition coefficient (Wildman–Crippen LogP) is 1.59. The Morgan fingerprint density at radius 1 is 1.37 bits per heavy atom. The fourth-order valence-electron chi connectivity index (χ4n) is 1.77. The van der Waals surface area contributed by atoms with E-state index in [1.807, 2.05) is 0 Å². The molecule has 0 spiro atoms. The lowest BCUT2D eigenvalue weighted by Crippen LogP contribution is -2.49. The zero-order chi connectivity index (χ0) is 14.5. The Labute approximate surface area is 110 Å². The summed E-state index contributed by atoms with van der Waals surface area (Å²) >= 11 is 0. The van der Waals surface area contributed by atoms with Crippen molar-refractivity contribution < 1.29 is 23.0 Å². The molecule has 1 N–H and O–H groups in total. The Bertz CT molecular complexity index is 454. The van der Waals surface area contributed by atoms with E-state index in [0.29, 0.717) is 6.61 Å². The molecule has 1 aromatic carbocycles. The van der Waals surface area contributed by atoms with Gasteiger partial charge >= 0.3 is 5.97 Å². The van der Waals surface area contributed by atoms with Gasteiger partial charge in [0.05, 0.1) is 13.7 Å². The van der Waals surface area contributed by atoms with Gasteiger partial charge in [-0.05, 0) is 25.1 Å². The first kappa shape index (κ1) is 15.5. The van der Waals surface area contributed by atoms with E-state index in [4.69, 9.17) is 4.74 Å². The third kappa shape index (κ3) is 3.48. The van der Waals surface area contributed by atoms with Gasteiger partial charge in [-0.2, -0.15) is 0 Å². The predicted molar refractivity (Wildman–Crippen MR) is 65.6 cm³/mol. The highest BCUT2D eigenvalue weighted by Crippen LogP contribution is 2.25. The van der Waals surface area contributed by atoms with E-state index in [-0.39, 0.29) is 12.1 Å². The van der Waals surface area contributed by atoms with Crippen molar-refractivity contribution in [2.75, 3.05) is 27.4 Å². The van der Waals surface area contributed by atoms with Crippen LogP contribution in [0, 0.1) is 11.6 Å². The number of esters is 1. The summed E-state index contributed by atoms with van der Waals surface area (Å²) in [5.41, 5.74) is -1.57. The van der Waals surface area contributed by atoms with Crippen molar-refractivity contribution in [3.63, 3.8) is 0 Å².